The Labute approximate surface area is 83.1 Å². The van der Waals surface area contributed by atoms with Crippen LogP contribution in [0.25, 0.3) is 0 Å². The molecule has 0 spiro atoms. The zero-order valence-corrected chi connectivity index (χ0v) is 8.33. The van der Waals surface area contributed by atoms with Gasteiger partial charge in [-0.25, -0.2) is 4.79 Å². The van der Waals surface area contributed by atoms with Crippen LogP contribution in [0.2, 0.25) is 0 Å². The zero-order chi connectivity index (χ0) is 10.6. The maximum absolute atomic E-state index is 10.7. The van der Waals surface area contributed by atoms with Gasteiger partial charge >= 0.3 is 6.03 Å². The zero-order valence-electron chi connectivity index (χ0n) is 8.33. The lowest BCUT2D eigenvalue weighted by molar-refractivity contribution is 0.259. The summed E-state index contributed by atoms with van der Waals surface area (Å²) < 4.78 is 5.08. The highest BCUT2D eigenvalue weighted by Crippen LogP contribution is 2.25. The van der Waals surface area contributed by atoms with E-state index in [0.29, 0.717) is 11.4 Å². The van der Waals surface area contributed by atoms with Crippen LogP contribution in [0.1, 0.15) is 12.5 Å². The highest BCUT2D eigenvalue weighted by atomic mass is 16.5. The molecule has 0 aliphatic rings. The molecule has 0 fully saturated rings. The van der Waals surface area contributed by atoms with Gasteiger partial charge in [0.2, 0.25) is 0 Å². The molecule has 0 bridgehead atoms. The van der Waals surface area contributed by atoms with E-state index < -0.39 is 6.03 Å². The first-order valence-corrected chi connectivity index (χ1v) is 4.40. The molecule has 1 rings (SSSR count). The Kier molecular flexibility index (Phi) is 3.34. The summed E-state index contributed by atoms with van der Waals surface area (Å²) in [5.41, 5.74) is 6.76. The number of benzene rings is 1. The Morgan fingerprint density at radius 3 is 2.79 bits per heavy atom. The molecular formula is C10H14N2O2. The van der Waals surface area contributed by atoms with Gasteiger partial charge in [-0.3, -0.25) is 0 Å². The summed E-state index contributed by atoms with van der Waals surface area (Å²) in [6.45, 7) is 2.04. The fourth-order valence-corrected chi connectivity index (χ4v) is 1.21. The maximum Gasteiger partial charge on any atom is 0.316 e. The van der Waals surface area contributed by atoms with Crippen molar-refractivity contribution in [3.05, 3.63) is 23.8 Å². The van der Waals surface area contributed by atoms with E-state index in [-0.39, 0.29) is 0 Å². The topological polar surface area (TPSA) is 64.3 Å². The van der Waals surface area contributed by atoms with Gasteiger partial charge in [-0.2, -0.15) is 0 Å². The number of aryl methyl sites for hydroxylation is 1. The van der Waals surface area contributed by atoms with Crippen molar-refractivity contribution in [1.82, 2.24) is 0 Å². The largest absolute Gasteiger partial charge is 0.495 e. The quantitative estimate of drug-likeness (QED) is 0.769. The lowest BCUT2D eigenvalue weighted by Crippen LogP contribution is -2.19. The maximum atomic E-state index is 10.7. The molecule has 76 valence electrons. The summed E-state index contributed by atoms with van der Waals surface area (Å²) in [5.74, 6) is 0.612. The van der Waals surface area contributed by atoms with Gasteiger partial charge in [-0.1, -0.05) is 13.0 Å². The van der Waals surface area contributed by atoms with Gasteiger partial charge in [0.15, 0.2) is 0 Å². The predicted octanol–water partition coefficient (Wildman–Crippen LogP) is 1.75. The molecule has 4 heteroatoms. The van der Waals surface area contributed by atoms with E-state index in [1.807, 2.05) is 25.1 Å². The monoisotopic (exact) mass is 194 g/mol. The van der Waals surface area contributed by atoms with Crippen LogP contribution in [-0.2, 0) is 6.42 Å². The van der Waals surface area contributed by atoms with E-state index >= 15 is 0 Å². The average Bonchev–Trinajstić information content (AvgIpc) is 2.16. The van der Waals surface area contributed by atoms with Crippen molar-refractivity contribution >= 4 is 11.7 Å². The summed E-state index contributed by atoms with van der Waals surface area (Å²) >= 11 is 0. The number of carbonyl (C=O) groups is 1. The molecule has 0 unspecified atom stereocenters. The van der Waals surface area contributed by atoms with Gasteiger partial charge in [-0.05, 0) is 24.1 Å². The average molecular weight is 194 g/mol. The minimum Gasteiger partial charge on any atom is -0.495 e. The Bertz CT molecular complexity index is 337. The number of urea groups is 1. The molecule has 0 saturated heterocycles. The Balaban J connectivity index is 3.01. The van der Waals surface area contributed by atoms with E-state index in [1.54, 1.807) is 7.11 Å². The molecule has 0 saturated carbocycles. The van der Waals surface area contributed by atoms with Crippen molar-refractivity contribution in [3.8, 4) is 5.75 Å². The van der Waals surface area contributed by atoms with Crippen LogP contribution in [0.5, 0.6) is 5.75 Å². The summed E-state index contributed by atoms with van der Waals surface area (Å²) in [4.78, 5) is 10.7. The molecule has 4 nitrogen and oxygen atoms in total. The van der Waals surface area contributed by atoms with Crippen molar-refractivity contribution < 1.29 is 9.53 Å². The van der Waals surface area contributed by atoms with Crippen LogP contribution in [0, 0.1) is 0 Å². The Morgan fingerprint density at radius 2 is 2.29 bits per heavy atom. The van der Waals surface area contributed by atoms with E-state index in [4.69, 9.17) is 10.5 Å². The van der Waals surface area contributed by atoms with E-state index in [1.165, 1.54) is 0 Å². The molecule has 3 N–H and O–H groups in total. The van der Waals surface area contributed by atoms with Crippen molar-refractivity contribution in [2.24, 2.45) is 5.73 Å². The molecule has 14 heavy (non-hydrogen) atoms. The molecule has 0 heterocycles. The number of anilines is 1. The first kappa shape index (κ1) is 10.4. The SMILES string of the molecule is CCc1ccc(OC)c(NC(N)=O)c1. The van der Waals surface area contributed by atoms with Gasteiger partial charge < -0.3 is 15.8 Å². The second kappa shape index (κ2) is 4.50. The van der Waals surface area contributed by atoms with Crippen molar-refractivity contribution in [2.75, 3.05) is 12.4 Å². The van der Waals surface area contributed by atoms with Gasteiger partial charge in [0.05, 0.1) is 12.8 Å². The van der Waals surface area contributed by atoms with Gasteiger partial charge in [-0.15, -0.1) is 0 Å². The van der Waals surface area contributed by atoms with Crippen molar-refractivity contribution in [2.45, 2.75) is 13.3 Å². The second-order valence-corrected chi connectivity index (χ2v) is 2.88. The molecule has 1 aromatic carbocycles. The number of rotatable bonds is 3. The smallest absolute Gasteiger partial charge is 0.316 e. The highest BCUT2D eigenvalue weighted by molar-refractivity contribution is 5.89. The fraction of sp³-hybridized carbons (Fsp3) is 0.300. The van der Waals surface area contributed by atoms with Crippen LogP contribution < -0.4 is 15.8 Å². The lowest BCUT2D eigenvalue weighted by Gasteiger charge is -2.09. The molecule has 0 aliphatic carbocycles. The summed E-state index contributed by atoms with van der Waals surface area (Å²) in [7, 11) is 1.55. The normalized spacial score (nSPS) is 9.57. The summed E-state index contributed by atoms with van der Waals surface area (Å²) in [5, 5.41) is 2.51. The van der Waals surface area contributed by atoms with E-state index in [9.17, 15) is 4.79 Å². The number of methoxy groups -OCH3 is 1. The van der Waals surface area contributed by atoms with Crippen LogP contribution in [-0.4, -0.2) is 13.1 Å². The number of amides is 2. The Morgan fingerprint density at radius 1 is 1.57 bits per heavy atom. The third kappa shape index (κ3) is 2.39. The molecular weight excluding hydrogens is 180 g/mol. The molecule has 1 aromatic rings. The molecule has 0 atom stereocenters. The molecule has 0 radical (unpaired) electrons. The fourth-order valence-electron chi connectivity index (χ4n) is 1.21. The third-order valence-corrected chi connectivity index (χ3v) is 1.93. The van der Waals surface area contributed by atoms with Crippen LogP contribution in [0.15, 0.2) is 18.2 Å². The summed E-state index contributed by atoms with van der Waals surface area (Å²) in [6, 6.07) is 5.02. The number of ether oxygens (including phenoxy) is 1. The standard InChI is InChI=1S/C10H14N2O2/c1-3-7-4-5-9(14-2)8(6-7)12-10(11)13/h4-6H,3H2,1-2H3,(H3,11,12,13). The van der Waals surface area contributed by atoms with Gasteiger partial charge in [0.1, 0.15) is 5.75 Å². The first-order chi connectivity index (χ1) is 6.67. The van der Waals surface area contributed by atoms with Crippen LogP contribution in [0.3, 0.4) is 0 Å². The number of primary amides is 1. The number of carbonyl (C=O) groups excluding carboxylic acids is 1. The number of hydrogen-bond acceptors (Lipinski definition) is 2. The number of hydrogen-bond donors (Lipinski definition) is 2. The van der Waals surface area contributed by atoms with E-state index in [0.717, 1.165) is 12.0 Å². The number of nitrogens with one attached hydrogen (secondary N) is 1. The Hall–Kier alpha value is -1.71. The van der Waals surface area contributed by atoms with Gasteiger partial charge in [0, 0.05) is 0 Å². The van der Waals surface area contributed by atoms with Crippen LogP contribution in [0.4, 0.5) is 10.5 Å². The molecule has 0 aliphatic heterocycles. The minimum absolute atomic E-state index is 0.587. The second-order valence-electron chi connectivity index (χ2n) is 2.88. The third-order valence-electron chi connectivity index (χ3n) is 1.93. The van der Waals surface area contributed by atoms with Gasteiger partial charge in [0.25, 0.3) is 0 Å². The van der Waals surface area contributed by atoms with Crippen LogP contribution >= 0.6 is 0 Å². The number of nitrogens with two attached hydrogens (primary N) is 1. The van der Waals surface area contributed by atoms with E-state index in [2.05, 4.69) is 5.32 Å². The first-order valence-electron chi connectivity index (χ1n) is 4.40. The predicted molar refractivity (Wildman–Crippen MR) is 55.6 cm³/mol. The van der Waals surface area contributed by atoms with Crippen molar-refractivity contribution in [1.29, 1.82) is 0 Å². The lowest BCUT2D eigenvalue weighted by atomic mass is 10.1. The highest BCUT2D eigenvalue weighted by Gasteiger charge is 2.04. The molecule has 2 amide bonds. The minimum atomic E-state index is -0.587. The molecule has 0 aromatic heterocycles. The summed E-state index contributed by atoms with van der Waals surface area (Å²) in [6.07, 6.45) is 0.900. The van der Waals surface area contributed by atoms with Crippen molar-refractivity contribution in [3.63, 3.8) is 0 Å².